The Labute approximate surface area is 190 Å². The van der Waals surface area contributed by atoms with Gasteiger partial charge >= 0.3 is 6.01 Å². The van der Waals surface area contributed by atoms with E-state index in [-0.39, 0.29) is 17.6 Å². The number of carbonyl (C=O) groups excluding carboxylic acids is 1. The van der Waals surface area contributed by atoms with E-state index in [1.807, 2.05) is 16.9 Å². The number of anilines is 2. The van der Waals surface area contributed by atoms with Gasteiger partial charge in [-0.3, -0.25) is 9.69 Å². The van der Waals surface area contributed by atoms with Crippen molar-refractivity contribution in [3.05, 3.63) is 76.1 Å². The van der Waals surface area contributed by atoms with Crippen LogP contribution in [-0.2, 0) is 16.6 Å². The second kappa shape index (κ2) is 8.65. The van der Waals surface area contributed by atoms with Gasteiger partial charge in [0.25, 0.3) is 5.91 Å². The van der Waals surface area contributed by atoms with Gasteiger partial charge in [0.05, 0.1) is 24.4 Å². The topological polar surface area (TPSA) is 116 Å². The number of nitriles is 1. The minimum atomic E-state index is -3.75. The van der Waals surface area contributed by atoms with Gasteiger partial charge in [0.1, 0.15) is 5.76 Å². The van der Waals surface area contributed by atoms with Gasteiger partial charge in [0, 0.05) is 16.6 Å². The lowest BCUT2D eigenvalue weighted by atomic mass is 10.1. The summed E-state index contributed by atoms with van der Waals surface area (Å²) in [6, 6.07) is 16.4. The van der Waals surface area contributed by atoms with Crippen LogP contribution in [0.15, 0.2) is 52.9 Å². The molecule has 8 nitrogen and oxygen atoms in total. The molecular weight excluding hydrogens is 452 g/mol. The van der Waals surface area contributed by atoms with Crippen LogP contribution < -0.4 is 9.62 Å². The molecule has 1 aromatic heterocycles. The van der Waals surface area contributed by atoms with Gasteiger partial charge < -0.3 is 4.42 Å². The molecule has 0 radical (unpaired) electrons. The number of oxazole rings is 1. The highest BCUT2D eigenvalue weighted by molar-refractivity contribution is 7.89. The molecule has 1 aliphatic rings. The molecule has 0 spiro atoms. The second-order valence-electron chi connectivity index (χ2n) is 7.56. The van der Waals surface area contributed by atoms with E-state index in [0.717, 1.165) is 24.7 Å². The number of aromatic nitrogens is 1. The fraction of sp³-hybridized carbons (Fsp3) is 0.227. The zero-order valence-electron chi connectivity index (χ0n) is 17.1. The quantitative estimate of drug-likeness (QED) is 0.552. The first-order valence-corrected chi connectivity index (χ1v) is 12.1. The molecule has 164 valence electrons. The number of nitrogens with one attached hydrogen (secondary N) is 1. The first-order chi connectivity index (χ1) is 15.2. The Balaban J connectivity index is 1.76. The maximum atomic E-state index is 12.6. The SMILES string of the molecule is CS(=O)(=O)NC(=O)c1nc(N(Cc2ccc(Cl)cc2)c2ccc(C#N)cc2)oc1C1CC1. The van der Waals surface area contributed by atoms with Crippen molar-refractivity contribution in [2.24, 2.45) is 0 Å². The van der Waals surface area contributed by atoms with Crippen LogP contribution in [0.2, 0.25) is 5.02 Å². The molecule has 1 saturated carbocycles. The normalized spacial score (nSPS) is 13.4. The molecule has 0 atom stereocenters. The maximum Gasteiger partial charge on any atom is 0.303 e. The van der Waals surface area contributed by atoms with E-state index in [1.165, 1.54) is 0 Å². The van der Waals surface area contributed by atoms with Crippen molar-refractivity contribution in [1.29, 1.82) is 5.26 Å². The van der Waals surface area contributed by atoms with Gasteiger partial charge in [-0.25, -0.2) is 13.1 Å². The van der Waals surface area contributed by atoms with Crippen LogP contribution in [0.3, 0.4) is 0 Å². The molecule has 4 rings (SSSR count). The van der Waals surface area contributed by atoms with E-state index >= 15 is 0 Å². The van der Waals surface area contributed by atoms with Crippen LogP contribution in [0.4, 0.5) is 11.7 Å². The van der Waals surface area contributed by atoms with Gasteiger partial charge in [0.15, 0.2) is 5.69 Å². The highest BCUT2D eigenvalue weighted by atomic mass is 35.5. The molecule has 0 unspecified atom stereocenters. The highest BCUT2D eigenvalue weighted by Gasteiger charge is 2.35. The fourth-order valence-electron chi connectivity index (χ4n) is 3.19. The van der Waals surface area contributed by atoms with Crippen molar-refractivity contribution in [3.63, 3.8) is 0 Å². The van der Waals surface area contributed by atoms with Gasteiger partial charge in [-0.1, -0.05) is 23.7 Å². The number of amides is 1. The summed E-state index contributed by atoms with van der Waals surface area (Å²) in [6.45, 7) is 0.348. The third-order valence-corrected chi connectivity index (χ3v) is 5.68. The standard InChI is InChI=1S/C22H19ClN4O4S/c1-32(29,30)26-21(28)19-20(16-6-7-16)31-22(25-19)27(13-15-2-8-17(23)9-3-15)18-10-4-14(12-24)5-11-18/h2-5,8-11,16H,6-7,13H2,1H3,(H,26,28). The van der Waals surface area contributed by atoms with Crippen molar-refractivity contribution >= 4 is 39.2 Å². The summed E-state index contributed by atoms with van der Waals surface area (Å²) >= 11 is 6.00. The molecule has 0 aliphatic heterocycles. The Hall–Kier alpha value is -3.35. The van der Waals surface area contributed by atoms with Crippen molar-refractivity contribution in [1.82, 2.24) is 9.71 Å². The molecule has 1 N–H and O–H groups in total. The maximum absolute atomic E-state index is 12.6. The summed E-state index contributed by atoms with van der Waals surface area (Å²) in [4.78, 5) is 18.7. The van der Waals surface area contributed by atoms with E-state index in [1.54, 1.807) is 41.3 Å². The van der Waals surface area contributed by atoms with Crippen molar-refractivity contribution in [2.75, 3.05) is 11.2 Å². The predicted octanol–water partition coefficient (Wildman–Crippen LogP) is 4.10. The smallest absolute Gasteiger partial charge is 0.303 e. The lowest BCUT2D eigenvalue weighted by Gasteiger charge is -2.21. The van der Waals surface area contributed by atoms with Crippen molar-refractivity contribution in [3.8, 4) is 6.07 Å². The Bertz CT molecular complexity index is 1290. The van der Waals surface area contributed by atoms with E-state index in [0.29, 0.717) is 28.6 Å². The fourth-order valence-corrected chi connectivity index (χ4v) is 3.75. The average molecular weight is 471 g/mol. The molecule has 3 aromatic rings. The van der Waals surface area contributed by atoms with E-state index < -0.39 is 15.9 Å². The number of sulfonamides is 1. The Morgan fingerprint density at radius 1 is 1.22 bits per heavy atom. The van der Waals surface area contributed by atoms with Gasteiger partial charge in [0.2, 0.25) is 10.0 Å². The molecule has 32 heavy (non-hydrogen) atoms. The summed E-state index contributed by atoms with van der Waals surface area (Å²) in [6.07, 6.45) is 2.58. The van der Waals surface area contributed by atoms with Crippen LogP contribution in [0.25, 0.3) is 0 Å². The van der Waals surface area contributed by atoms with Crippen LogP contribution in [0.1, 0.15) is 46.1 Å². The summed E-state index contributed by atoms with van der Waals surface area (Å²) in [7, 11) is -3.75. The second-order valence-corrected chi connectivity index (χ2v) is 9.74. The van der Waals surface area contributed by atoms with E-state index in [9.17, 15) is 13.2 Å². The zero-order valence-corrected chi connectivity index (χ0v) is 18.7. The zero-order chi connectivity index (χ0) is 22.9. The minimum Gasteiger partial charge on any atom is -0.427 e. The highest BCUT2D eigenvalue weighted by Crippen LogP contribution is 2.44. The summed E-state index contributed by atoms with van der Waals surface area (Å²) in [5.41, 5.74) is 2.06. The van der Waals surface area contributed by atoms with Crippen LogP contribution in [0.5, 0.6) is 0 Å². The Morgan fingerprint density at radius 2 is 1.88 bits per heavy atom. The summed E-state index contributed by atoms with van der Waals surface area (Å²) < 4.78 is 31.1. The first kappa shape index (κ1) is 21.9. The van der Waals surface area contributed by atoms with Gasteiger partial charge in [-0.15, -0.1) is 0 Å². The lowest BCUT2D eigenvalue weighted by Crippen LogP contribution is -2.30. The minimum absolute atomic E-state index is 0.0231. The van der Waals surface area contributed by atoms with Crippen molar-refractivity contribution < 1.29 is 17.6 Å². The van der Waals surface area contributed by atoms with Crippen LogP contribution in [-0.4, -0.2) is 25.6 Å². The van der Waals surface area contributed by atoms with Gasteiger partial charge in [-0.2, -0.15) is 10.2 Å². The number of halogens is 1. The van der Waals surface area contributed by atoms with E-state index in [4.69, 9.17) is 21.3 Å². The molecule has 1 fully saturated rings. The number of rotatable bonds is 7. The van der Waals surface area contributed by atoms with Crippen LogP contribution in [0, 0.1) is 11.3 Å². The molecule has 0 saturated heterocycles. The molecule has 1 aliphatic carbocycles. The number of nitrogens with zero attached hydrogens (tertiary/aromatic N) is 3. The van der Waals surface area contributed by atoms with Crippen molar-refractivity contribution in [2.45, 2.75) is 25.3 Å². The largest absolute Gasteiger partial charge is 0.427 e. The Morgan fingerprint density at radius 3 is 2.44 bits per heavy atom. The molecule has 2 aromatic carbocycles. The summed E-state index contributed by atoms with van der Waals surface area (Å²) in [5.74, 6) is -0.429. The summed E-state index contributed by atoms with van der Waals surface area (Å²) in [5, 5.41) is 9.71. The van der Waals surface area contributed by atoms with E-state index in [2.05, 4.69) is 11.1 Å². The average Bonchev–Trinajstić information content (AvgIpc) is 3.50. The van der Waals surface area contributed by atoms with Gasteiger partial charge in [-0.05, 0) is 54.8 Å². The number of hydrogen-bond donors (Lipinski definition) is 1. The molecule has 10 heteroatoms. The molecular formula is C22H19ClN4O4S. The first-order valence-electron chi connectivity index (χ1n) is 9.78. The monoisotopic (exact) mass is 470 g/mol. The lowest BCUT2D eigenvalue weighted by molar-refractivity contribution is 0.0975. The van der Waals surface area contributed by atoms with Crippen LogP contribution >= 0.6 is 11.6 Å². The number of carbonyl (C=O) groups is 1. The number of hydrogen-bond acceptors (Lipinski definition) is 7. The molecule has 1 heterocycles. The molecule has 1 amide bonds. The number of benzene rings is 2. The third-order valence-electron chi connectivity index (χ3n) is 4.88. The Kier molecular flexibility index (Phi) is 5.91. The molecule has 0 bridgehead atoms. The predicted molar refractivity (Wildman–Crippen MR) is 119 cm³/mol. The third kappa shape index (κ3) is 5.10.